The van der Waals surface area contributed by atoms with Gasteiger partial charge in [0.05, 0.1) is 13.7 Å². The van der Waals surface area contributed by atoms with Crippen molar-refractivity contribution in [3.8, 4) is 17.1 Å². The number of carbonyl (C=O) groups excluding carboxylic acids is 2. The summed E-state index contributed by atoms with van der Waals surface area (Å²) in [7, 11) is 1.38. The minimum Gasteiger partial charge on any atom is -0.494 e. The van der Waals surface area contributed by atoms with E-state index in [2.05, 4.69) is 31.0 Å². The van der Waals surface area contributed by atoms with Gasteiger partial charge >= 0.3 is 0 Å². The second-order valence-corrected chi connectivity index (χ2v) is 10.5. The van der Waals surface area contributed by atoms with Gasteiger partial charge in [-0.05, 0) is 87.4 Å². The van der Waals surface area contributed by atoms with Crippen LogP contribution in [0.3, 0.4) is 0 Å². The van der Waals surface area contributed by atoms with E-state index in [-0.39, 0.29) is 35.8 Å². The molecule has 0 bridgehead atoms. The van der Waals surface area contributed by atoms with Gasteiger partial charge in [-0.2, -0.15) is 4.80 Å². The average Bonchev–Trinajstić information content (AvgIpc) is 3.36. The van der Waals surface area contributed by atoms with Crippen LogP contribution in [-0.4, -0.2) is 60.9 Å². The summed E-state index contributed by atoms with van der Waals surface area (Å²) in [6, 6.07) is 7.86. The molecule has 2 amide bonds. The molecule has 0 radical (unpaired) electrons. The van der Waals surface area contributed by atoms with Crippen molar-refractivity contribution in [1.82, 2.24) is 35.8 Å². The number of halogens is 1. The summed E-state index contributed by atoms with van der Waals surface area (Å²) in [6.07, 6.45) is 3.43. The van der Waals surface area contributed by atoms with Crippen molar-refractivity contribution in [2.24, 2.45) is 5.92 Å². The number of nitrogens with one attached hydrogen (secondary N) is 2. The van der Waals surface area contributed by atoms with Gasteiger partial charge < -0.3 is 20.5 Å². The molecule has 1 saturated carbocycles. The molecule has 1 aliphatic rings. The Morgan fingerprint density at radius 1 is 1.18 bits per heavy atom. The predicted octanol–water partition coefficient (Wildman–Crippen LogP) is 2.57. The summed E-state index contributed by atoms with van der Waals surface area (Å²) >= 11 is 0. The number of tetrazole rings is 1. The van der Waals surface area contributed by atoms with Crippen LogP contribution >= 0.6 is 0 Å². The van der Waals surface area contributed by atoms with E-state index in [1.165, 1.54) is 33.1 Å². The van der Waals surface area contributed by atoms with Crippen molar-refractivity contribution >= 4 is 11.8 Å². The molecule has 0 unspecified atom stereocenters. The molecule has 4 rings (SSSR count). The van der Waals surface area contributed by atoms with Gasteiger partial charge in [-0.3, -0.25) is 9.59 Å². The molecule has 2 heterocycles. The number of hydrogen-bond donors (Lipinski definition) is 3. The van der Waals surface area contributed by atoms with Crippen LogP contribution in [0.1, 0.15) is 61.3 Å². The van der Waals surface area contributed by atoms with Crippen LogP contribution in [0.15, 0.2) is 30.3 Å². The number of hydrogen-bond acceptors (Lipinski definition) is 8. The number of benzene rings is 1. The first-order valence-electron chi connectivity index (χ1n) is 12.9. The molecule has 0 aliphatic heterocycles. The molecule has 0 atom stereocenters. The number of ether oxygens (including phenoxy) is 1. The summed E-state index contributed by atoms with van der Waals surface area (Å²) in [4.78, 5) is 30.7. The lowest BCUT2D eigenvalue weighted by Crippen LogP contribution is -2.47. The molecule has 2 aromatic heterocycles. The molecular weight excluding hydrogens is 505 g/mol. The molecule has 0 spiro atoms. The number of pyridine rings is 1. The molecule has 3 aromatic rings. The maximum absolute atomic E-state index is 13.6. The predicted molar refractivity (Wildman–Crippen MR) is 140 cm³/mol. The highest BCUT2D eigenvalue weighted by atomic mass is 19.1. The van der Waals surface area contributed by atoms with Crippen molar-refractivity contribution in [2.45, 2.75) is 71.2 Å². The normalized spacial score (nSPS) is 17.5. The van der Waals surface area contributed by atoms with E-state index in [9.17, 15) is 19.1 Å². The van der Waals surface area contributed by atoms with E-state index in [1.807, 2.05) is 0 Å². The Hall–Kier alpha value is -3.93. The van der Waals surface area contributed by atoms with E-state index >= 15 is 0 Å². The third kappa shape index (κ3) is 7.34. The van der Waals surface area contributed by atoms with Gasteiger partial charge in [0, 0.05) is 23.8 Å². The topological polar surface area (TPSA) is 144 Å². The maximum Gasteiger partial charge on any atom is 0.270 e. The number of amides is 2. The van der Waals surface area contributed by atoms with Crippen molar-refractivity contribution in [3.05, 3.63) is 53.1 Å². The lowest BCUT2D eigenvalue weighted by molar-refractivity contribution is -0.137. The van der Waals surface area contributed by atoms with Crippen LogP contribution in [0.5, 0.6) is 5.75 Å². The van der Waals surface area contributed by atoms with Gasteiger partial charge in [0.1, 0.15) is 11.3 Å². The minimum atomic E-state index is -1.39. The van der Waals surface area contributed by atoms with Gasteiger partial charge in [-0.1, -0.05) is 6.07 Å². The van der Waals surface area contributed by atoms with Crippen molar-refractivity contribution in [3.63, 3.8) is 0 Å². The highest BCUT2D eigenvalue weighted by Crippen LogP contribution is 2.26. The summed E-state index contributed by atoms with van der Waals surface area (Å²) in [6.45, 7) is 5.52. The quantitative estimate of drug-likeness (QED) is 0.376. The van der Waals surface area contributed by atoms with Crippen LogP contribution in [0.4, 0.5) is 4.39 Å². The van der Waals surface area contributed by atoms with Gasteiger partial charge in [0.2, 0.25) is 5.82 Å². The largest absolute Gasteiger partial charge is 0.494 e. The average molecular weight is 540 g/mol. The van der Waals surface area contributed by atoms with E-state index in [0.29, 0.717) is 35.1 Å². The van der Waals surface area contributed by atoms with Crippen molar-refractivity contribution in [2.75, 3.05) is 7.11 Å². The molecule has 1 aromatic carbocycles. The Balaban J connectivity index is 1.35. The minimum absolute atomic E-state index is 0.0499. The maximum atomic E-state index is 13.6. The van der Waals surface area contributed by atoms with Gasteiger partial charge in [-0.25, -0.2) is 9.37 Å². The van der Waals surface area contributed by atoms with Crippen molar-refractivity contribution in [1.29, 1.82) is 0 Å². The highest BCUT2D eigenvalue weighted by Gasteiger charge is 2.29. The van der Waals surface area contributed by atoms with E-state index in [1.54, 1.807) is 29.9 Å². The molecule has 39 heavy (non-hydrogen) atoms. The summed E-state index contributed by atoms with van der Waals surface area (Å²) in [5.74, 6) is -0.371. The lowest BCUT2D eigenvalue weighted by Gasteiger charge is -2.30. The zero-order valence-corrected chi connectivity index (χ0v) is 22.6. The first-order chi connectivity index (χ1) is 18.5. The number of carbonyl (C=O) groups is 2. The Morgan fingerprint density at radius 2 is 1.92 bits per heavy atom. The number of nitrogens with zero attached hydrogens (tertiary/aromatic N) is 5. The number of aliphatic hydroxyl groups is 1. The van der Waals surface area contributed by atoms with Crippen LogP contribution in [0.2, 0.25) is 0 Å². The zero-order valence-electron chi connectivity index (χ0n) is 22.6. The standard InChI is InChI=1S/C27H34FN7O4/c1-16-11-19(13-22(30-16)25(36)29-14-18-7-10-21(28)23(12-18)39-4)24-32-34-35(33-24)15-17-5-8-20(9-6-17)31-26(37)27(2,3)38/h7,10-13,17,20,38H,5-6,8-9,14-15H2,1-4H3,(H,29,36)(H,31,37)/t17-,20+. The highest BCUT2D eigenvalue weighted by molar-refractivity contribution is 5.93. The SMILES string of the molecule is COc1cc(CNC(=O)c2cc(-c3nnn(C[C@H]4CC[C@@H](NC(=O)C(C)(C)O)CC4)n3)cc(C)n2)ccc1F. The van der Waals surface area contributed by atoms with Gasteiger partial charge in [-0.15, -0.1) is 10.2 Å². The first-order valence-corrected chi connectivity index (χ1v) is 12.9. The lowest BCUT2D eigenvalue weighted by atomic mass is 9.86. The Kier molecular flexibility index (Phi) is 8.54. The van der Waals surface area contributed by atoms with Gasteiger partial charge in [0.25, 0.3) is 11.8 Å². The third-order valence-electron chi connectivity index (χ3n) is 6.72. The van der Waals surface area contributed by atoms with Crippen LogP contribution < -0.4 is 15.4 Å². The van der Waals surface area contributed by atoms with Crippen LogP contribution in [0, 0.1) is 18.7 Å². The molecule has 3 N–H and O–H groups in total. The number of methoxy groups -OCH3 is 1. The first kappa shape index (κ1) is 28.1. The molecule has 11 nitrogen and oxygen atoms in total. The smallest absolute Gasteiger partial charge is 0.270 e. The molecule has 12 heteroatoms. The molecular formula is C27H34FN7O4. The van der Waals surface area contributed by atoms with Crippen LogP contribution in [0.25, 0.3) is 11.4 Å². The third-order valence-corrected chi connectivity index (χ3v) is 6.72. The second-order valence-electron chi connectivity index (χ2n) is 10.5. The summed E-state index contributed by atoms with van der Waals surface area (Å²) in [5, 5.41) is 28.5. The number of aromatic nitrogens is 5. The Labute approximate surface area is 226 Å². The van der Waals surface area contributed by atoms with Crippen LogP contribution in [-0.2, 0) is 17.9 Å². The Bertz CT molecular complexity index is 1330. The number of aryl methyl sites for hydroxylation is 1. The fraction of sp³-hybridized carbons (Fsp3) is 0.481. The number of rotatable bonds is 9. The van der Waals surface area contributed by atoms with E-state index in [4.69, 9.17) is 4.74 Å². The molecule has 0 saturated heterocycles. The Morgan fingerprint density at radius 3 is 2.62 bits per heavy atom. The molecule has 208 valence electrons. The second kappa shape index (κ2) is 11.9. The summed E-state index contributed by atoms with van der Waals surface area (Å²) < 4.78 is 18.6. The van der Waals surface area contributed by atoms with Crippen molar-refractivity contribution < 1.29 is 23.8 Å². The molecule has 1 aliphatic carbocycles. The fourth-order valence-electron chi connectivity index (χ4n) is 4.52. The van der Waals surface area contributed by atoms with Gasteiger partial charge in [0.15, 0.2) is 11.6 Å². The van der Waals surface area contributed by atoms with E-state index < -0.39 is 11.4 Å². The zero-order chi connectivity index (χ0) is 28.2. The fourth-order valence-corrected chi connectivity index (χ4v) is 4.52. The summed E-state index contributed by atoms with van der Waals surface area (Å²) in [5.41, 5.74) is 0.763. The van der Waals surface area contributed by atoms with E-state index in [0.717, 1.165) is 25.7 Å². The monoisotopic (exact) mass is 539 g/mol. The molecule has 1 fully saturated rings.